The van der Waals surface area contributed by atoms with Gasteiger partial charge in [0.1, 0.15) is 17.2 Å². The molecule has 1 aliphatic heterocycles. The number of halogens is 1. The summed E-state index contributed by atoms with van der Waals surface area (Å²) < 4.78 is 31.4. The molecule has 1 amide bonds. The highest BCUT2D eigenvalue weighted by atomic mass is 19.1. The Morgan fingerprint density at radius 1 is 1.08 bits per heavy atom. The van der Waals surface area contributed by atoms with Crippen molar-refractivity contribution in [3.05, 3.63) is 93.7 Å². The minimum atomic E-state index is -0.857. The minimum absolute atomic E-state index is 0.0648. The van der Waals surface area contributed by atoms with Crippen LogP contribution in [0, 0.1) is 11.7 Å². The molecule has 0 fully saturated rings. The highest BCUT2D eigenvalue weighted by Gasteiger charge is 2.44. The standard InChI is InChI=1S/C28H25FN2O5/c1-16(2)11-13-35-21-9-7-17(14-22(21)34-3)25-24-26(32)19-15-18(29)8-10-20(19)36-27(24)28(33)31(25)23-6-4-5-12-30-23/h4-10,12,14-16,25H,11,13H2,1-3H3. The van der Waals surface area contributed by atoms with Gasteiger partial charge in [-0.1, -0.05) is 26.0 Å². The Morgan fingerprint density at radius 2 is 1.92 bits per heavy atom. The summed E-state index contributed by atoms with van der Waals surface area (Å²) in [5.74, 6) is 0.700. The lowest BCUT2D eigenvalue weighted by molar-refractivity contribution is 0.0970. The first-order chi connectivity index (χ1) is 17.4. The van der Waals surface area contributed by atoms with E-state index in [2.05, 4.69) is 18.8 Å². The van der Waals surface area contributed by atoms with Gasteiger partial charge in [-0.3, -0.25) is 14.5 Å². The molecule has 0 saturated heterocycles. The average molecular weight is 489 g/mol. The van der Waals surface area contributed by atoms with Gasteiger partial charge in [0.15, 0.2) is 16.9 Å². The van der Waals surface area contributed by atoms with Crippen LogP contribution in [0.5, 0.6) is 11.5 Å². The topological polar surface area (TPSA) is 81.9 Å². The minimum Gasteiger partial charge on any atom is -0.493 e. The molecule has 0 aliphatic carbocycles. The third-order valence-corrected chi connectivity index (χ3v) is 6.18. The number of hydrogen-bond acceptors (Lipinski definition) is 6. The normalized spacial score (nSPS) is 15.0. The Labute approximate surface area is 207 Å². The molecule has 1 unspecified atom stereocenters. The Morgan fingerprint density at radius 3 is 2.64 bits per heavy atom. The van der Waals surface area contributed by atoms with Crippen molar-refractivity contribution in [3.63, 3.8) is 0 Å². The highest BCUT2D eigenvalue weighted by molar-refractivity contribution is 6.10. The number of aromatic nitrogens is 1. The third-order valence-electron chi connectivity index (χ3n) is 6.18. The molecule has 0 radical (unpaired) electrons. The summed E-state index contributed by atoms with van der Waals surface area (Å²) in [6.07, 6.45) is 2.45. The van der Waals surface area contributed by atoms with E-state index < -0.39 is 23.2 Å². The number of carbonyl (C=O) groups is 1. The molecule has 0 bridgehead atoms. The first-order valence-corrected chi connectivity index (χ1v) is 11.7. The van der Waals surface area contributed by atoms with Crippen molar-refractivity contribution in [1.29, 1.82) is 0 Å². The van der Waals surface area contributed by atoms with Gasteiger partial charge in [0.25, 0.3) is 5.91 Å². The lowest BCUT2D eigenvalue weighted by atomic mass is 9.98. The zero-order valence-corrected chi connectivity index (χ0v) is 20.2. The number of ether oxygens (including phenoxy) is 2. The number of pyridine rings is 1. The zero-order chi connectivity index (χ0) is 25.4. The van der Waals surface area contributed by atoms with E-state index in [0.717, 1.165) is 12.5 Å². The summed E-state index contributed by atoms with van der Waals surface area (Å²) in [6, 6.07) is 13.3. The van der Waals surface area contributed by atoms with Crippen LogP contribution in [0.3, 0.4) is 0 Å². The number of hydrogen-bond donors (Lipinski definition) is 0. The highest BCUT2D eigenvalue weighted by Crippen LogP contribution is 2.42. The Kier molecular flexibility index (Phi) is 6.18. The second-order valence-electron chi connectivity index (χ2n) is 9.02. The molecule has 0 N–H and O–H groups in total. The van der Waals surface area contributed by atoms with Gasteiger partial charge in [0, 0.05) is 6.20 Å². The molecular weight excluding hydrogens is 463 g/mol. The molecule has 2 aromatic carbocycles. The molecule has 0 spiro atoms. The molecule has 1 aliphatic rings. The van der Waals surface area contributed by atoms with Gasteiger partial charge in [-0.25, -0.2) is 9.37 Å². The van der Waals surface area contributed by atoms with Crippen LogP contribution in [0.15, 0.2) is 70.0 Å². The maximum absolute atomic E-state index is 14.0. The number of benzene rings is 2. The van der Waals surface area contributed by atoms with Crippen molar-refractivity contribution >= 4 is 22.7 Å². The smallest absolute Gasteiger partial charge is 0.296 e. The van der Waals surface area contributed by atoms with Crippen molar-refractivity contribution in [1.82, 2.24) is 4.98 Å². The maximum Gasteiger partial charge on any atom is 0.296 e. The van der Waals surface area contributed by atoms with Crippen LogP contribution >= 0.6 is 0 Å². The molecule has 4 aromatic rings. The second-order valence-corrected chi connectivity index (χ2v) is 9.02. The van der Waals surface area contributed by atoms with Crippen LogP contribution in [0.2, 0.25) is 0 Å². The van der Waals surface area contributed by atoms with Gasteiger partial charge in [-0.2, -0.15) is 0 Å². The monoisotopic (exact) mass is 488 g/mol. The molecule has 0 saturated carbocycles. The van der Waals surface area contributed by atoms with Gasteiger partial charge >= 0.3 is 0 Å². The number of rotatable bonds is 7. The molecular formula is C28H25FN2O5. The number of fused-ring (bicyclic) bond motifs is 2. The van der Waals surface area contributed by atoms with Crippen LogP contribution in [-0.2, 0) is 0 Å². The Balaban J connectivity index is 1.68. The van der Waals surface area contributed by atoms with Gasteiger partial charge in [0.05, 0.1) is 30.7 Å². The van der Waals surface area contributed by atoms with E-state index in [4.69, 9.17) is 13.9 Å². The SMILES string of the molecule is COc1cc(C2c3c(oc4ccc(F)cc4c3=O)C(=O)N2c2ccccn2)ccc1OCCC(C)C. The predicted octanol–water partition coefficient (Wildman–Crippen LogP) is 5.51. The van der Waals surface area contributed by atoms with Crippen LogP contribution in [0.25, 0.3) is 11.0 Å². The summed E-state index contributed by atoms with van der Waals surface area (Å²) in [6.45, 7) is 4.76. The lowest BCUT2D eigenvalue weighted by Crippen LogP contribution is -2.30. The van der Waals surface area contributed by atoms with Crippen molar-refractivity contribution < 1.29 is 23.1 Å². The molecule has 2 aromatic heterocycles. The lowest BCUT2D eigenvalue weighted by Gasteiger charge is -2.25. The van der Waals surface area contributed by atoms with E-state index >= 15 is 0 Å². The largest absolute Gasteiger partial charge is 0.493 e. The molecule has 3 heterocycles. The number of carbonyl (C=O) groups excluding carboxylic acids is 1. The summed E-state index contributed by atoms with van der Waals surface area (Å²) in [7, 11) is 1.53. The molecule has 8 heteroatoms. The molecule has 5 rings (SSSR count). The van der Waals surface area contributed by atoms with Crippen molar-refractivity contribution in [2.24, 2.45) is 5.92 Å². The van der Waals surface area contributed by atoms with E-state index in [1.165, 1.54) is 24.1 Å². The van der Waals surface area contributed by atoms with E-state index in [0.29, 0.717) is 35.4 Å². The van der Waals surface area contributed by atoms with Crippen molar-refractivity contribution in [2.75, 3.05) is 18.6 Å². The molecule has 184 valence electrons. The molecule has 1 atom stereocenters. The van der Waals surface area contributed by atoms with Crippen molar-refractivity contribution in [2.45, 2.75) is 26.3 Å². The molecule has 36 heavy (non-hydrogen) atoms. The Bertz CT molecular complexity index is 1500. The fourth-order valence-corrected chi connectivity index (χ4v) is 4.37. The number of anilines is 1. The third kappa shape index (κ3) is 4.08. The second kappa shape index (κ2) is 9.45. The summed E-state index contributed by atoms with van der Waals surface area (Å²) >= 11 is 0. The van der Waals surface area contributed by atoms with Crippen LogP contribution < -0.4 is 19.8 Å². The van der Waals surface area contributed by atoms with Crippen LogP contribution in [0.4, 0.5) is 10.2 Å². The van der Waals surface area contributed by atoms with Crippen LogP contribution in [-0.4, -0.2) is 24.6 Å². The van der Waals surface area contributed by atoms with E-state index in [1.807, 2.05) is 0 Å². The fourth-order valence-electron chi connectivity index (χ4n) is 4.37. The summed E-state index contributed by atoms with van der Waals surface area (Å²) in [5.41, 5.74) is 0.392. The first kappa shape index (κ1) is 23.5. The van der Waals surface area contributed by atoms with Gasteiger partial charge in [-0.15, -0.1) is 0 Å². The number of nitrogens with zero attached hydrogens (tertiary/aromatic N) is 2. The van der Waals surface area contributed by atoms with E-state index in [-0.39, 0.29) is 22.3 Å². The fraction of sp³-hybridized carbons (Fsp3) is 0.250. The summed E-state index contributed by atoms with van der Waals surface area (Å²) in [5, 5.41) is 0.0648. The van der Waals surface area contributed by atoms with Crippen molar-refractivity contribution in [3.8, 4) is 11.5 Å². The first-order valence-electron chi connectivity index (χ1n) is 11.7. The van der Waals surface area contributed by atoms with E-state index in [1.54, 1.807) is 42.6 Å². The predicted molar refractivity (Wildman–Crippen MR) is 133 cm³/mol. The van der Waals surface area contributed by atoms with Gasteiger partial charge < -0.3 is 13.9 Å². The molecule has 7 nitrogen and oxygen atoms in total. The van der Waals surface area contributed by atoms with Crippen LogP contribution in [0.1, 0.15) is 48.0 Å². The Hall–Kier alpha value is -4.20. The van der Waals surface area contributed by atoms with Gasteiger partial charge in [0.2, 0.25) is 5.76 Å². The average Bonchev–Trinajstić information content (AvgIpc) is 3.17. The zero-order valence-electron chi connectivity index (χ0n) is 20.2. The quantitative estimate of drug-likeness (QED) is 0.341. The number of methoxy groups -OCH3 is 1. The maximum atomic E-state index is 14.0. The van der Waals surface area contributed by atoms with E-state index in [9.17, 15) is 14.0 Å². The summed E-state index contributed by atoms with van der Waals surface area (Å²) in [4.78, 5) is 33.0. The van der Waals surface area contributed by atoms with Gasteiger partial charge in [-0.05, 0) is 60.4 Å². The number of amides is 1.